The number of para-hydroxylation sites is 1. The van der Waals surface area contributed by atoms with Gasteiger partial charge in [0, 0.05) is 5.56 Å². The van der Waals surface area contributed by atoms with Crippen molar-refractivity contribution in [3.8, 4) is 11.5 Å². The molecule has 5 heteroatoms. The van der Waals surface area contributed by atoms with E-state index in [1.807, 2.05) is 36.4 Å². The molecule has 0 bridgehead atoms. The van der Waals surface area contributed by atoms with Gasteiger partial charge in [-0.15, -0.1) is 0 Å². The van der Waals surface area contributed by atoms with Crippen molar-refractivity contribution < 1.29 is 19.0 Å². The summed E-state index contributed by atoms with van der Waals surface area (Å²) in [5, 5.41) is 3.96. The van der Waals surface area contributed by atoms with Crippen LogP contribution in [-0.2, 0) is 20.4 Å². The Morgan fingerprint density at radius 1 is 0.659 bits per heavy atom. The average Bonchev–Trinajstić information content (AvgIpc) is 3.04. The topological polar surface area (TPSA) is 44.8 Å². The lowest BCUT2D eigenvalue weighted by molar-refractivity contribution is -0.133. The molecule has 41 heavy (non-hydrogen) atoms. The minimum Gasteiger partial charge on any atom is -0.503 e. The number of carbonyl (C=O) groups excluding carboxylic acids is 1. The molecule has 5 aromatic carbocycles. The lowest BCUT2D eigenvalue weighted by atomic mass is 10.1. The molecule has 0 heterocycles. The highest BCUT2D eigenvalue weighted by atomic mass is 31.2. The Balaban J connectivity index is 1.58. The number of esters is 1. The molecular formula is C36H32O4P+. The SMILES string of the molecule is CO/C=C(/C(=O)OC)c1ccccc1Oc1cccc(C[P+](c2ccccc2)(c2ccccc2)c2ccccc2)c1. The standard InChI is InChI=1S/C36H32O4P/c1-38-26-34(36(37)39-2)33-23-12-13-24-35(33)40-29-16-14-15-28(25-29)27-41(30-17-6-3-7-18-30,31-19-8-4-9-20-31)32-21-10-5-11-22-32/h3-26H,27H2,1-2H3/q+1/b34-26+. The molecule has 0 spiro atoms. The molecule has 0 atom stereocenters. The highest BCUT2D eigenvalue weighted by Crippen LogP contribution is 2.58. The summed E-state index contributed by atoms with van der Waals surface area (Å²) in [6, 6.07) is 48.1. The second kappa shape index (κ2) is 13.1. The van der Waals surface area contributed by atoms with Crippen molar-refractivity contribution in [2.75, 3.05) is 14.2 Å². The summed E-state index contributed by atoms with van der Waals surface area (Å²) in [5.74, 6) is 0.720. The molecule has 0 aliphatic heterocycles. The normalized spacial score (nSPS) is 11.5. The largest absolute Gasteiger partial charge is 0.503 e. The molecule has 0 aliphatic rings. The van der Waals surface area contributed by atoms with Gasteiger partial charge in [-0.1, -0.05) is 84.9 Å². The Morgan fingerprint density at radius 3 is 1.73 bits per heavy atom. The van der Waals surface area contributed by atoms with Gasteiger partial charge < -0.3 is 14.2 Å². The van der Waals surface area contributed by atoms with Crippen LogP contribution >= 0.6 is 7.26 Å². The van der Waals surface area contributed by atoms with Crippen LogP contribution in [0.3, 0.4) is 0 Å². The summed E-state index contributed by atoms with van der Waals surface area (Å²) >= 11 is 0. The molecule has 0 aliphatic carbocycles. The van der Waals surface area contributed by atoms with E-state index in [0.717, 1.165) is 11.7 Å². The quantitative estimate of drug-likeness (QED) is 0.0790. The third-order valence-electron chi connectivity index (χ3n) is 6.96. The zero-order valence-electron chi connectivity index (χ0n) is 23.1. The van der Waals surface area contributed by atoms with Gasteiger partial charge in [-0.2, -0.15) is 0 Å². The lowest BCUT2D eigenvalue weighted by Crippen LogP contribution is -2.32. The van der Waals surface area contributed by atoms with Gasteiger partial charge >= 0.3 is 5.97 Å². The predicted molar refractivity (Wildman–Crippen MR) is 169 cm³/mol. The minimum atomic E-state index is -2.07. The van der Waals surface area contributed by atoms with Gasteiger partial charge in [0.25, 0.3) is 0 Å². The number of ether oxygens (including phenoxy) is 3. The summed E-state index contributed by atoms with van der Waals surface area (Å²) < 4.78 is 16.6. The maximum atomic E-state index is 12.5. The third kappa shape index (κ3) is 6.09. The van der Waals surface area contributed by atoms with E-state index in [1.165, 1.54) is 36.4 Å². The molecule has 0 aromatic heterocycles. The first-order valence-corrected chi connectivity index (χ1v) is 15.4. The number of hydrogen-bond acceptors (Lipinski definition) is 4. The molecule has 0 amide bonds. The van der Waals surface area contributed by atoms with Gasteiger partial charge in [-0.3, -0.25) is 0 Å². The summed E-state index contributed by atoms with van der Waals surface area (Å²) in [6.45, 7) is 0. The molecule has 0 unspecified atom stereocenters. The molecule has 204 valence electrons. The number of benzene rings is 5. The number of rotatable bonds is 10. The van der Waals surface area contributed by atoms with Crippen LogP contribution in [0.25, 0.3) is 5.57 Å². The lowest BCUT2D eigenvalue weighted by Gasteiger charge is -2.28. The number of methoxy groups -OCH3 is 2. The van der Waals surface area contributed by atoms with E-state index in [9.17, 15) is 4.79 Å². The van der Waals surface area contributed by atoms with E-state index in [4.69, 9.17) is 14.2 Å². The van der Waals surface area contributed by atoms with E-state index >= 15 is 0 Å². The van der Waals surface area contributed by atoms with Crippen molar-refractivity contribution in [3.05, 3.63) is 157 Å². The first kappa shape index (κ1) is 27.9. The van der Waals surface area contributed by atoms with Crippen molar-refractivity contribution in [1.29, 1.82) is 0 Å². The molecule has 0 radical (unpaired) electrons. The highest BCUT2D eigenvalue weighted by Gasteiger charge is 2.45. The molecule has 0 saturated carbocycles. The van der Waals surface area contributed by atoms with Crippen molar-refractivity contribution in [2.24, 2.45) is 0 Å². The van der Waals surface area contributed by atoms with E-state index in [-0.39, 0.29) is 5.57 Å². The number of hydrogen-bond donors (Lipinski definition) is 0. The monoisotopic (exact) mass is 559 g/mol. The number of carbonyl (C=O) groups is 1. The van der Waals surface area contributed by atoms with E-state index < -0.39 is 13.2 Å². The van der Waals surface area contributed by atoms with Crippen LogP contribution in [0.2, 0.25) is 0 Å². The van der Waals surface area contributed by atoms with Crippen molar-refractivity contribution >= 4 is 34.7 Å². The Labute approximate surface area is 242 Å². The van der Waals surface area contributed by atoms with Crippen LogP contribution in [0.4, 0.5) is 0 Å². The fraction of sp³-hybridized carbons (Fsp3) is 0.0833. The van der Waals surface area contributed by atoms with Crippen LogP contribution in [0, 0.1) is 0 Å². The van der Waals surface area contributed by atoms with Crippen molar-refractivity contribution in [3.63, 3.8) is 0 Å². The minimum absolute atomic E-state index is 0.281. The molecular weight excluding hydrogens is 527 g/mol. The van der Waals surface area contributed by atoms with Gasteiger partial charge in [-0.25, -0.2) is 4.79 Å². The predicted octanol–water partition coefficient (Wildman–Crippen LogP) is 7.13. The first-order valence-electron chi connectivity index (χ1n) is 13.4. The maximum Gasteiger partial charge on any atom is 0.341 e. The van der Waals surface area contributed by atoms with Gasteiger partial charge in [0.1, 0.15) is 40.2 Å². The summed E-state index contributed by atoms with van der Waals surface area (Å²) in [7, 11) is 0.774. The first-order chi connectivity index (χ1) is 20.2. The van der Waals surface area contributed by atoms with E-state index in [2.05, 4.69) is 103 Å². The average molecular weight is 560 g/mol. The van der Waals surface area contributed by atoms with Crippen molar-refractivity contribution in [1.82, 2.24) is 0 Å². The highest BCUT2D eigenvalue weighted by molar-refractivity contribution is 7.95. The molecule has 0 saturated heterocycles. The fourth-order valence-electron chi connectivity index (χ4n) is 5.10. The third-order valence-corrected chi connectivity index (χ3v) is 11.3. The van der Waals surface area contributed by atoms with Gasteiger partial charge in [0.15, 0.2) is 0 Å². The molecule has 0 fully saturated rings. The Hall–Kier alpha value is -4.66. The zero-order chi connectivity index (χ0) is 28.5. The summed E-state index contributed by atoms with van der Waals surface area (Å²) in [6.07, 6.45) is 2.20. The molecule has 4 nitrogen and oxygen atoms in total. The van der Waals surface area contributed by atoms with Crippen LogP contribution in [0.5, 0.6) is 11.5 Å². The molecule has 5 rings (SSSR count). The smallest absolute Gasteiger partial charge is 0.341 e. The van der Waals surface area contributed by atoms with Crippen LogP contribution < -0.4 is 20.7 Å². The van der Waals surface area contributed by atoms with Gasteiger partial charge in [0.2, 0.25) is 0 Å². The van der Waals surface area contributed by atoms with Crippen molar-refractivity contribution in [2.45, 2.75) is 6.16 Å². The van der Waals surface area contributed by atoms with Crippen LogP contribution in [0.1, 0.15) is 11.1 Å². The Morgan fingerprint density at radius 2 is 1.20 bits per heavy atom. The zero-order valence-corrected chi connectivity index (χ0v) is 24.0. The van der Waals surface area contributed by atoms with E-state index in [1.54, 1.807) is 0 Å². The van der Waals surface area contributed by atoms with Gasteiger partial charge in [0.05, 0.1) is 26.6 Å². The van der Waals surface area contributed by atoms with E-state index in [0.29, 0.717) is 17.1 Å². The summed E-state index contributed by atoms with van der Waals surface area (Å²) in [4.78, 5) is 12.5. The fourth-order valence-corrected chi connectivity index (χ4v) is 9.33. The van der Waals surface area contributed by atoms with Crippen LogP contribution in [0.15, 0.2) is 146 Å². The maximum absolute atomic E-state index is 12.5. The van der Waals surface area contributed by atoms with Gasteiger partial charge in [-0.05, 0) is 60.2 Å². The Bertz CT molecular complexity index is 1520. The second-order valence-electron chi connectivity index (χ2n) is 9.48. The Kier molecular flexibility index (Phi) is 8.93. The molecule has 0 N–H and O–H groups in total. The molecule has 5 aromatic rings. The second-order valence-corrected chi connectivity index (χ2v) is 13.0. The summed E-state index contributed by atoms with van der Waals surface area (Å²) in [5.41, 5.74) is 2.03. The van der Waals surface area contributed by atoms with Crippen LogP contribution in [-0.4, -0.2) is 20.2 Å².